The summed E-state index contributed by atoms with van der Waals surface area (Å²) >= 11 is 3.37. The number of ether oxygens (including phenoxy) is 2. The number of rotatable bonds is 8. The molecule has 2 aromatic rings. The van der Waals surface area contributed by atoms with Gasteiger partial charge in [-0.15, -0.1) is 0 Å². The van der Waals surface area contributed by atoms with E-state index >= 15 is 0 Å². The van der Waals surface area contributed by atoms with Crippen LogP contribution < -0.4 is 20.5 Å². The molecular weight excluding hydrogens is 472 g/mol. The predicted octanol–water partition coefficient (Wildman–Crippen LogP) is 3.44. The van der Waals surface area contributed by atoms with Gasteiger partial charge in [-0.05, 0) is 52.2 Å². The Hall–Kier alpha value is -3.91. The van der Waals surface area contributed by atoms with Gasteiger partial charge in [-0.1, -0.05) is 12.1 Å². The summed E-state index contributed by atoms with van der Waals surface area (Å²) in [5.41, 5.74) is 5.53. The number of imide groups is 1. The molecule has 0 radical (unpaired) electrons. The van der Waals surface area contributed by atoms with E-state index in [0.717, 1.165) is 0 Å². The highest BCUT2D eigenvalue weighted by Crippen LogP contribution is 2.38. The molecule has 10 nitrogen and oxygen atoms in total. The number of hydrogen-bond acceptors (Lipinski definition) is 7. The molecule has 0 unspecified atom stereocenters. The number of primary amides is 1. The number of nitrogens with zero attached hydrogens (tertiary/aromatic N) is 2. The second-order valence-electron chi connectivity index (χ2n) is 5.97. The molecule has 0 aliphatic rings. The maximum atomic E-state index is 11.9. The van der Waals surface area contributed by atoms with E-state index in [2.05, 4.69) is 15.9 Å². The molecule has 0 saturated carbocycles. The normalized spacial score (nSPS) is 10.7. The number of nitriles is 1. The van der Waals surface area contributed by atoms with E-state index in [1.165, 1.54) is 18.2 Å². The number of non-ortho nitro benzene ring substituents is 1. The van der Waals surface area contributed by atoms with Crippen LogP contribution in [0.2, 0.25) is 0 Å². The Kier molecular flexibility index (Phi) is 8.10. The number of amides is 3. The maximum Gasteiger partial charge on any atom is 0.319 e. The molecule has 31 heavy (non-hydrogen) atoms. The van der Waals surface area contributed by atoms with Gasteiger partial charge in [-0.3, -0.25) is 20.2 Å². The van der Waals surface area contributed by atoms with E-state index in [4.69, 9.17) is 15.2 Å². The van der Waals surface area contributed by atoms with Gasteiger partial charge in [-0.2, -0.15) is 5.26 Å². The summed E-state index contributed by atoms with van der Waals surface area (Å²) in [6.07, 6.45) is 1.26. The summed E-state index contributed by atoms with van der Waals surface area (Å²) in [5, 5.41) is 21.9. The van der Waals surface area contributed by atoms with E-state index in [1.807, 2.05) is 5.32 Å². The van der Waals surface area contributed by atoms with E-state index in [-0.39, 0.29) is 17.9 Å². The Bertz CT molecular complexity index is 1090. The van der Waals surface area contributed by atoms with Crippen LogP contribution in [0.1, 0.15) is 18.1 Å². The van der Waals surface area contributed by atoms with Crippen molar-refractivity contribution in [2.75, 3.05) is 6.61 Å². The Balaban J connectivity index is 2.33. The van der Waals surface area contributed by atoms with Crippen molar-refractivity contribution in [3.63, 3.8) is 0 Å². The second-order valence-corrected chi connectivity index (χ2v) is 6.82. The van der Waals surface area contributed by atoms with E-state index in [1.54, 1.807) is 37.3 Å². The number of nitrogens with one attached hydrogen (secondary N) is 1. The number of carbonyl (C=O) groups is 2. The second kappa shape index (κ2) is 10.7. The summed E-state index contributed by atoms with van der Waals surface area (Å²) < 4.78 is 11.9. The molecule has 0 bridgehead atoms. The smallest absolute Gasteiger partial charge is 0.319 e. The van der Waals surface area contributed by atoms with Gasteiger partial charge in [0.25, 0.3) is 11.6 Å². The van der Waals surface area contributed by atoms with Crippen LogP contribution in [0, 0.1) is 21.4 Å². The van der Waals surface area contributed by atoms with Gasteiger partial charge >= 0.3 is 6.03 Å². The fraction of sp³-hybridized carbons (Fsp3) is 0.150. The quantitative estimate of drug-likeness (QED) is 0.249. The summed E-state index contributed by atoms with van der Waals surface area (Å²) in [7, 11) is 0. The predicted molar refractivity (Wildman–Crippen MR) is 114 cm³/mol. The zero-order valence-corrected chi connectivity index (χ0v) is 17.8. The average Bonchev–Trinajstić information content (AvgIpc) is 2.71. The Labute approximate surface area is 185 Å². The minimum atomic E-state index is -1.08. The van der Waals surface area contributed by atoms with Crippen molar-refractivity contribution in [3.8, 4) is 17.6 Å². The van der Waals surface area contributed by atoms with Crippen LogP contribution in [0.4, 0.5) is 10.5 Å². The van der Waals surface area contributed by atoms with Crippen LogP contribution >= 0.6 is 15.9 Å². The van der Waals surface area contributed by atoms with Crippen molar-refractivity contribution in [2.45, 2.75) is 13.5 Å². The first-order valence-electron chi connectivity index (χ1n) is 8.80. The molecule has 2 rings (SSSR count). The summed E-state index contributed by atoms with van der Waals surface area (Å²) in [6.45, 7) is 2.11. The van der Waals surface area contributed by atoms with Crippen LogP contribution in [0.3, 0.4) is 0 Å². The van der Waals surface area contributed by atoms with Crippen LogP contribution in [0.5, 0.6) is 11.5 Å². The molecule has 2 aromatic carbocycles. The summed E-state index contributed by atoms with van der Waals surface area (Å²) in [6, 6.07) is 9.79. The highest BCUT2D eigenvalue weighted by atomic mass is 79.9. The number of halogens is 1. The van der Waals surface area contributed by atoms with Crippen molar-refractivity contribution in [2.24, 2.45) is 5.73 Å². The number of nitro groups is 1. The maximum absolute atomic E-state index is 11.9. The Morgan fingerprint density at radius 1 is 1.32 bits per heavy atom. The molecule has 0 heterocycles. The largest absolute Gasteiger partial charge is 0.490 e. The van der Waals surface area contributed by atoms with Crippen LogP contribution in [0.25, 0.3) is 6.08 Å². The lowest BCUT2D eigenvalue weighted by molar-refractivity contribution is -0.384. The first-order chi connectivity index (χ1) is 14.7. The molecule has 0 aliphatic heterocycles. The van der Waals surface area contributed by atoms with Crippen LogP contribution in [-0.4, -0.2) is 23.5 Å². The first-order valence-corrected chi connectivity index (χ1v) is 9.59. The van der Waals surface area contributed by atoms with Gasteiger partial charge in [0.1, 0.15) is 18.2 Å². The number of carbonyl (C=O) groups excluding carboxylic acids is 2. The third-order valence-corrected chi connectivity index (χ3v) is 4.34. The third kappa shape index (κ3) is 6.55. The molecule has 3 N–H and O–H groups in total. The van der Waals surface area contributed by atoms with Gasteiger partial charge in [0.15, 0.2) is 11.5 Å². The third-order valence-electron chi connectivity index (χ3n) is 3.75. The highest BCUT2D eigenvalue weighted by Gasteiger charge is 2.16. The van der Waals surface area contributed by atoms with E-state index in [9.17, 15) is 25.0 Å². The van der Waals surface area contributed by atoms with Gasteiger partial charge in [0, 0.05) is 12.1 Å². The molecule has 0 aliphatic carbocycles. The Morgan fingerprint density at radius 3 is 2.68 bits per heavy atom. The van der Waals surface area contributed by atoms with Crippen LogP contribution in [-0.2, 0) is 11.4 Å². The molecular formula is C20H17BrN4O6. The fourth-order valence-electron chi connectivity index (χ4n) is 2.48. The molecule has 11 heteroatoms. The highest BCUT2D eigenvalue weighted by molar-refractivity contribution is 9.10. The van der Waals surface area contributed by atoms with Crippen molar-refractivity contribution < 1.29 is 24.0 Å². The zero-order valence-electron chi connectivity index (χ0n) is 16.3. The van der Waals surface area contributed by atoms with Gasteiger partial charge in [0.05, 0.1) is 16.0 Å². The lowest BCUT2D eigenvalue weighted by atomic mass is 10.1. The monoisotopic (exact) mass is 488 g/mol. The summed E-state index contributed by atoms with van der Waals surface area (Å²) in [5.74, 6) is -0.276. The Morgan fingerprint density at radius 2 is 2.06 bits per heavy atom. The van der Waals surface area contributed by atoms with Crippen molar-refractivity contribution >= 4 is 39.6 Å². The minimum absolute atomic E-state index is 0.0417. The standard InChI is InChI=1S/C20H17BrN4O6/c1-2-30-17-9-13(6-14(10-22)19(26)24-20(23)27)8-16(21)18(17)31-11-12-4-3-5-15(7-12)25(28)29/h3-9H,2,11H2,1H3,(H3,23,24,26,27)/b14-6-. The zero-order chi connectivity index (χ0) is 23.0. The lowest BCUT2D eigenvalue weighted by Crippen LogP contribution is -2.35. The molecule has 0 fully saturated rings. The topological polar surface area (TPSA) is 158 Å². The van der Waals surface area contributed by atoms with E-state index < -0.39 is 16.9 Å². The van der Waals surface area contributed by atoms with Crippen molar-refractivity contribution in [1.82, 2.24) is 5.32 Å². The molecule has 160 valence electrons. The van der Waals surface area contributed by atoms with Crippen molar-refractivity contribution in [1.29, 1.82) is 5.26 Å². The number of nitrogens with two attached hydrogens (primary N) is 1. The molecule has 0 saturated heterocycles. The number of urea groups is 1. The summed E-state index contributed by atoms with van der Waals surface area (Å²) in [4.78, 5) is 33.1. The SMILES string of the molecule is CCOc1cc(/C=C(/C#N)C(=O)NC(N)=O)cc(Br)c1OCc1cccc([N+](=O)[O-])c1. The van der Waals surface area contributed by atoms with Gasteiger partial charge in [-0.25, -0.2) is 4.79 Å². The number of hydrogen-bond donors (Lipinski definition) is 2. The first kappa shape index (κ1) is 23.4. The molecule has 0 atom stereocenters. The molecule has 3 amide bonds. The van der Waals surface area contributed by atoms with Gasteiger partial charge < -0.3 is 15.2 Å². The van der Waals surface area contributed by atoms with Crippen LogP contribution in [0.15, 0.2) is 46.4 Å². The lowest BCUT2D eigenvalue weighted by Gasteiger charge is -2.15. The minimum Gasteiger partial charge on any atom is -0.490 e. The fourth-order valence-corrected chi connectivity index (χ4v) is 3.06. The molecule has 0 aromatic heterocycles. The number of benzene rings is 2. The average molecular weight is 489 g/mol. The number of nitro benzene ring substituents is 1. The molecule has 0 spiro atoms. The van der Waals surface area contributed by atoms with Gasteiger partial charge in [0.2, 0.25) is 0 Å². The van der Waals surface area contributed by atoms with Crippen molar-refractivity contribution in [3.05, 3.63) is 67.7 Å². The van der Waals surface area contributed by atoms with E-state index in [0.29, 0.717) is 33.7 Å².